The predicted molar refractivity (Wildman–Crippen MR) is 243 cm³/mol. The molecule has 3 heteroatoms. The van der Waals surface area contributed by atoms with Crippen molar-refractivity contribution in [1.29, 1.82) is 0 Å². The van der Waals surface area contributed by atoms with Crippen LogP contribution in [0.4, 0.5) is 17.1 Å². The Hall–Kier alpha value is -7.20. The van der Waals surface area contributed by atoms with E-state index in [2.05, 4.69) is 205 Å². The minimum Gasteiger partial charge on any atom is -0.455 e. The van der Waals surface area contributed by atoms with Gasteiger partial charge in [-0.1, -0.05) is 152 Å². The van der Waals surface area contributed by atoms with Gasteiger partial charge in [-0.05, 0) is 98.6 Å². The Morgan fingerprint density at radius 3 is 1.90 bits per heavy atom. The molecule has 2 heterocycles. The quantitative estimate of drug-likeness (QED) is 0.178. The average molecular weight is 756 g/mol. The highest BCUT2D eigenvalue weighted by molar-refractivity contribution is 7.26. The molecule has 0 N–H and O–H groups in total. The largest absolute Gasteiger partial charge is 0.455 e. The zero-order chi connectivity index (χ0) is 38.0. The van der Waals surface area contributed by atoms with E-state index < -0.39 is 5.41 Å². The average Bonchev–Trinajstić information content (AvgIpc) is 4.02. The normalized spacial score (nSPS) is 15.0. The van der Waals surface area contributed by atoms with Crippen LogP contribution >= 0.6 is 11.3 Å². The molecule has 2 aromatic heterocycles. The first kappa shape index (κ1) is 31.9. The molecule has 270 valence electrons. The number of thiophene rings is 1. The molecular formula is C55H33NOS. The van der Waals surface area contributed by atoms with Gasteiger partial charge >= 0.3 is 0 Å². The number of para-hydroxylation sites is 2. The molecule has 0 saturated heterocycles. The van der Waals surface area contributed by atoms with E-state index in [1.165, 1.54) is 75.8 Å². The number of benzene rings is 9. The monoisotopic (exact) mass is 755 g/mol. The molecule has 58 heavy (non-hydrogen) atoms. The van der Waals surface area contributed by atoms with Crippen LogP contribution in [0.15, 0.2) is 205 Å². The van der Waals surface area contributed by atoms with Crippen LogP contribution in [0.3, 0.4) is 0 Å². The van der Waals surface area contributed by atoms with Gasteiger partial charge < -0.3 is 9.32 Å². The molecule has 0 aliphatic heterocycles. The van der Waals surface area contributed by atoms with Crippen LogP contribution in [0, 0.1) is 0 Å². The van der Waals surface area contributed by atoms with Crippen molar-refractivity contribution in [3.05, 3.63) is 222 Å². The number of furan rings is 1. The molecule has 0 amide bonds. The van der Waals surface area contributed by atoms with Crippen LogP contribution < -0.4 is 4.90 Å². The van der Waals surface area contributed by atoms with Crippen molar-refractivity contribution in [1.82, 2.24) is 0 Å². The van der Waals surface area contributed by atoms with Gasteiger partial charge in [-0.2, -0.15) is 0 Å². The summed E-state index contributed by atoms with van der Waals surface area (Å²) in [6.07, 6.45) is 0. The fraction of sp³-hybridized carbons (Fsp3) is 0.0182. The molecule has 0 saturated carbocycles. The summed E-state index contributed by atoms with van der Waals surface area (Å²) in [6.45, 7) is 0. The second-order valence-corrected chi connectivity index (χ2v) is 16.6. The summed E-state index contributed by atoms with van der Waals surface area (Å²) in [7, 11) is 0. The van der Waals surface area contributed by atoms with Gasteiger partial charge in [0.1, 0.15) is 11.2 Å². The summed E-state index contributed by atoms with van der Waals surface area (Å²) >= 11 is 1.88. The molecule has 0 fully saturated rings. The fourth-order valence-electron chi connectivity index (χ4n) is 10.3. The first-order chi connectivity index (χ1) is 28.8. The van der Waals surface area contributed by atoms with Crippen molar-refractivity contribution in [2.75, 3.05) is 4.90 Å². The van der Waals surface area contributed by atoms with Crippen LogP contribution in [0.2, 0.25) is 0 Å². The summed E-state index contributed by atoms with van der Waals surface area (Å²) in [6, 6.07) is 73.6. The zero-order valence-corrected chi connectivity index (χ0v) is 32.1. The smallest absolute Gasteiger partial charge is 0.143 e. The number of fused-ring (bicyclic) bond motifs is 17. The molecule has 11 aromatic rings. The minimum absolute atomic E-state index is 0.518. The van der Waals surface area contributed by atoms with Crippen molar-refractivity contribution in [2.45, 2.75) is 5.41 Å². The Balaban J connectivity index is 1.02. The summed E-state index contributed by atoms with van der Waals surface area (Å²) in [4.78, 5) is 2.41. The third-order valence-corrected chi connectivity index (χ3v) is 13.9. The molecule has 0 radical (unpaired) electrons. The van der Waals surface area contributed by atoms with Gasteiger partial charge in [-0.3, -0.25) is 0 Å². The van der Waals surface area contributed by atoms with Gasteiger partial charge in [-0.15, -0.1) is 11.3 Å². The maximum atomic E-state index is 6.78. The van der Waals surface area contributed by atoms with Crippen molar-refractivity contribution in [2.24, 2.45) is 0 Å². The molecule has 13 rings (SSSR count). The van der Waals surface area contributed by atoms with Gasteiger partial charge in [0, 0.05) is 53.6 Å². The third-order valence-electron chi connectivity index (χ3n) is 12.7. The lowest BCUT2D eigenvalue weighted by Gasteiger charge is -2.32. The maximum Gasteiger partial charge on any atom is 0.143 e. The van der Waals surface area contributed by atoms with E-state index in [0.717, 1.165) is 39.0 Å². The number of rotatable bonds is 4. The lowest BCUT2D eigenvalue weighted by molar-refractivity contribution is 0.669. The van der Waals surface area contributed by atoms with E-state index in [9.17, 15) is 0 Å². The second kappa shape index (κ2) is 11.9. The Bertz CT molecular complexity index is 3470. The van der Waals surface area contributed by atoms with E-state index in [-0.39, 0.29) is 0 Å². The number of hydrogen-bond acceptors (Lipinski definition) is 3. The van der Waals surface area contributed by atoms with Gasteiger partial charge in [0.2, 0.25) is 0 Å². The van der Waals surface area contributed by atoms with E-state index >= 15 is 0 Å². The number of anilines is 3. The van der Waals surface area contributed by atoms with E-state index in [1.54, 1.807) is 0 Å². The van der Waals surface area contributed by atoms with E-state index in [0.29, 0.717) is 0 Å². The van der Waals surface area contributed by atoms with Crippen LogP contribution in [0.5, 0.6) is 0 Å². The molecule has 9 aromatic carbocycles. The second-order valence-electron chi connectivity index (χ2n) is 15.5. The SMILES string of the molecule is c1ccc(N(c2ccc(-c3cccc4c3sc3ccccc34)cc2)c2ccc3c(c2)C2(c4ccccc4-3)c3ccccc3-c3c2ccc2c3oc3ccccc32)cc1. The van der Waals surface area contributed by atoms with E-state index in [4.69, 9.17) is 4.42 Å². The highest BCUT2D eigenvalue weighted by atomic mass is 32.1. The van der Waals surface area contributed by atoms with E-state index in [1.807, 2.05) is 11.3 Å². The van der Waals surface area contributed by atoms with Crippen molar-refractivity contribution in [3.8, 4) is 33.4 Å². The van der Waals surface area contributed by atoms with Crippen LogP contribution in [0.1, 0.15) is 22.3 Å². The molecule has 2 aliphatic carbocycles. The first-order valence-electron chi connectivity index (χ1n) is 19.9. The maximum absolute atomic E-state index is 6.78. The zero-order valence-electron chi connectivity index (χ0n) is 31.3. The van der Waals surface area contributed by atoms with Crippen LogP contribution in [-0.2, 0) is 5.41 Å². The standard InChI is InChI=1S/C55H33NOS/c1-2-13-35(14-3-1)56(36-27-25-34(26-28-36)38-19-12-20-44-42-17-7-11-24-51(42)58-54(38)44)37-29-30-40-39-15-4-8-21-46(39)55(49(40)33-37)47-22-9-5-18-45(47)52-48(55)32-31-43-41-16-6-10-23-50(41)57-53(43)52/h1-33H. The molecule has 2 aliphatic rings. The van der Waals surface area contributed by atoms with Crippen molar-refractivity contribution >= 4 is 70.5 Å². The van der Waals surface area contributed by atoms with Gasteiger partial charge in [0.15, 0.2) is 0 Å². The van der Waals surface area contributed by atoms with Crippen LogP contribution in [-0.4, -0.2) is 0 Å². The van der Waals surface area contributed by atoms with Crippen molar-refractivity contribution < 1.29 is 4.42 Å². The predicted octanol–water partition coefficient (Wildman–Crippen LogP) is 15.4. The highest BCUT2D eigenvalue weighted by Gasteiger charge is 2.52. The Kier molecular flexibility index (Phi) is 6.56. The Labute approximate surface area is 339 Å². The lowest BCUT2D eigenvalue weighted by atomic mass is 9.70. The Morgan fingerprint density at radius 1 is 0.397 bits per heavy atom. The Morgan fingerprint density at radius 2 is 1.03 bits per heavy atom. The molecule has 1 spiro atoms. The van der Waals surface area contributed by atoms with Crippen molar-refractivity contribution in [3.63, 3.8) is 0 Å². The van der Waals surface area contributed by atoms with Gasteiger partial charge in [-0.25, -0.2) is 0 Å². The summed E-state index contributed by atoms with van der Waals surface area (Å²) < 4.78 is 9.43. The molecule has 1 atom stereocenters. The molecule has 0 bridgehead atoms. The molecule has 2 nitrogen and oxygen atoms in total. The minimum atomic E-state index is -0.518. The highest BCUT2D eigenvalue weighted by Crippen LogP contribution is 2.64. The lowest BCUT2D eigenvalue weighted by Crippen LogP contribution is -2.26. The first-order valence-corrected chi connectivity index (χ1v) is 20.7. The fourth-order valence-corrected chi connectivity index (χ4v) is 11.6. The molecular weight excluding hydrogens is 723 g/mol. The third kappa shape index (κ3) is 4.21. The summed E-state index contributed by atoms with van der Waals surface area (Å²) in [5, 5.41) is 4.95. The van der Waals surface area contributed by atoms with Gasteiger partial charge in [0.25, 0.3) is 0 Å². The van der Waals surface area contributed by atoms with Gasteiger partial charge in [0.05, 0.1) is 5.41 Å². The summed E-state index contributed by atoms with van der Waals surface area (Å²) in [5.74, 6) is 0. The number of nitrogens with zero attached hydrogens (tertiary/aromatic N) is 1. The summed E-state index contributed by atoms with van der Waals surface area (Å²) in [5.41, 5.74) is 17.4. The molecule has 1 unspecified atom stereocenters. The number of hydrogen-bond donors (Lipinski definition) is 0. The topological polar surface area (TPSA) is 16.4 Å². The van der Waals surface area contributed by atoms with Crippen LogP contribution in [0.25, 0.3) is 75.5 Å².